The van der Waals surface area contributed by atoms with Crippen molar-refractivity contribution in [1.82, 2.24) is 19.5 Å². The van der Waals surface area contributed by atoms with E-state index in [0.29, 0.717) is 0 Å². The van der Waals surface area contributed by atoms with Gasteiger partial charge >= 0.3 is 0 Å². The van der Waals surface area contributed by atoms with Crippen LogP contribution in [0.3, 0.4) is 0 Å². The van der Waals surface area contributed by atoms with Gasteiger partial charge < -0.3 is 30.9 Å². The van der Waals surface area contributed by atoms with E-state index in [1.807, 2.05) is 0 Å². The molecule has 1 saturated heterocycles. The minimum Gasteiger partial charge on any atom is -0.396 e. The van der Waals surface area contributed by atoms with Crippen molar-refractivity contribution in [3.63, 3.8) is 0 Å². The Bertz CT molecular complexity index is 794. The summed E-state index contributed by atoms with van der Waals surface area (Å²) in [7, 11) is 0. The fourth-order valence-electron chi connectivity index (χ4n) is 2.54. The summed E-state index contributed by atoms with van der Waals surface area (Å²) in [4.78, 5) is 22.5. The zero-order valence-electron chi connectivity index (χ0n) is 12.4. The van der Waals surface area contributed by atoms with Crippen LogP contribution in [0.4, 0.5) is 5.95 Å². The lowest BCUT2D eigenvalue weighted by molar-refractivity contribution is -0.0548. The highest BCUT2D eigenvalue weighted by atomic mass is 32.2. The first-order chi connectivity index (χ1) is 11.5. The van der Waals surface area contributed by atoms with Crippen LogP contribution in [0.1, 0.15) is 6.23 Å². The van der Waals surface area contributed by atoms with Gasteiger partial charge in [0.15, 0.2) is 22.5 Å². The van der Waals surface area contributed by atoms with Gasteiger partial charge in [0.2, 0.25) is 5.95 Å². The molecular formula is C12H17N5O6S. The summed E-state index contributed by atoms with van der Waals surface area (Å²) >= 11 is 1.12. The van der Waals surface area contributed by atoms with Gasteiger partial charge in [-0.3, -0.25) is 14.3 Å². The van der Waals surface area contributed by atoms with Crippen LogP contribution in [0.5, 0.6) is 0 Å². The van der Waals surface area contributed by atoms with Crippen molar-refractivity contribution >= 4 is 28.9 Å². The van der Waals surface area contributed by atoms with Crippen LogP contribution in [0.25, 0.3) is 11.2 Å². The molecule has 3 rings (SSSR count). The summed E-state index contributed by atoms with van der Waals surface area (Å²) in [6.45, 7) is -0.619. The van der Waals surface area contributed by atoms with Crippen molar-refractivity contribution in [2.75, 3.05) is 24.7 Å². The monoisotopic (exact) mass is 359 g/mol. The topological polar surface area (TPSA) is 180 Å². The Morgan fingerprint density at radius 3 is 2.67 bits per heavy atom. The molecule has 1 aliphatic heterocycles. The molecule has 7 N–H and O–H groups in total. The fraction of sp³-hybridized carbons (Fsp3) is 0.583. The number of hydrogen-bond donors (Lipinski definition) is 6. The molecule has 4 unspecified atom stereocenters. The highest BCUT2D eigenvalue weighted by Crippen LogP contribution is 2.35. The number of ether oxygens (including phenoxy) is 1. The number of hydrogen-bond acceptors (Lipinski definition) is 10. The number of anilines is 1. The predicted octanol–water partition coefficient (Wildman–Crippen LogP) is -2.60. The zero-order valence-corrected chi connectivity index (χ0v) is 13.2. The Kier molecular flexibility index (Phi) is 4.76. The molecule has 0 bridgehead atoms. The number of aliphatic hydroxyl groups excluding tert-OH is 4. The summed E-state index contributed by atoms with van der Waals surface area (Å²) in [5.74, 6) is 0.144. The van der Waals surface area contributed by atoms with Crippen LogP contribution < -0.4 is 11.3 Å². The summed E-state index contributed by atoms with van der Waals surface area (Å²) in [5, 5.41) is 38.7. The zero-order chi connectivity index (χ0) is 17.4. The number of imidazole rings is 1. The summed E-state index contributed by atoms with van der Waals surface area (Å²) in [6.07, 6.45) is -4.78. The number of nitrogen functional groups attached to an aromatic ring is 1. The Balaban J connectivity index is 2.15. The summed E-state index contributed by atoms with van der Waals surface area (Å²) in [6, 6.07) is 0. The van der Waals surface area contributed by atoms with Crippen LogP contribution in [0.15, 0.2) is 9.95 Å². The molecule has 0 aliphatic carbocycles. The standard InChI is InChI=1S/C12H17N5O6S/c13-11-15-8-5(9(22)16-11)14-12(24-2-1-18)17(8)10-7(21)6(20)4(3-19)23-10/h4,6-7,10,18-21H,1-3H2,(H3,13,15,16,22). The largest absolute Gasteiger partial charge is 0.396 e. The molecule has 1 aliphatic rings. The van der Waals surface area contributed by atoms with Crippen molar-refractivity contribution in [3.05, 3.63) is 10.4 Å². The Labute approximate surface area is 139 Å². The first-order valence-electron chi connectivity index (χ1n) is 7.11. The van der Waals surface area contributed by atoms with Crippen LogP contribution in [0.2, 0.25) is 0 Å². The first kappa shape index (κ1) is 17.1. The number of nitrogens with zero attached hydrogens (tertiary/aromatic N) is 3. The third-order valence-electron chi connectivity index (χ3n) is 3.63. The second-order valence-corrected chi connectivity index (χ2v) is 6.25. The molecular weight excluding hydrogens is 342 g/mol. The number of aliphatic hydroxyl groups is 4. The third kappa shape index (κ3) is 2.76. The first-order valence-corrected chi connectivity index (χ1v) is 8.10. The molecule has 2 aromatic rings. The number of aromatic amines is 1. The highest BCUT2D eigenvalue weighted by Gasteiger charge is 2.45. The third-order valence-corrected chi connectivity index (χ3v) is 4.56. The van der Waals surface area contributed by atoms with Crippen molar-refractivity contribution < 1.29 is 25.2 Å². The average molecular weight is 359 g/mol. The van der Waals surface area contributed by atoms with Crippen molar-refractivity contribution in [2.45, 2.75) is 29.7 Å². The molecule has 0 saturated carbocycles. The second kappa shape index (κ2) is 6.66. The molecule has 12 heteroatoms. The van der Waals surface area contributed by atoms with E-state index < -0.39 is 36.7 Å². The molecule has 24 heavy (non-hydrogen) atoms. The quantitative estimate of drug-likeness (QED) is 0.310. The second-order valence-electron chi connectivity index (χ2n) is 5.19. The Morgan fingerprint density at radius 1 is 1.29 bits per heavy atom. The van der Waals surface area contributed by atoms with Crippen LogP contribution in [-0.2, 0) is 4.74 Å². The maximum absolute atomic E-state index is 12.0. The predicted molar refractivity (Wildman–Crippen MR) is 83.4 cm³/mol. The number of thioether (sulfide) groups is 1. The average Bonchev–Trinajstić information content (AvgIpc) is 3.04. The molecule has 3 heterocycles. The van der Waals surface area contributed by atoms with Crippen LogP contribution in [-0.4, -0.2) is 77.2 Å². The maximum atomic E-state index is 12.0. The van der Waals surface area contributed by atoms with E-state index in [0.717, 1.165) is 11.8 Å². The highest BCUT2D eigenvalue weighted by molar-refractivity contribution is 7.99. The van der Waals surface area contributed by atoms with E-state index in [-0.39, 0.29) is 34.6 Å². The summed E-state index contributed by atoms with van der Waals surface area (Å²) in [5.41, 5.74) is 5.07. The number of aromatic nitrogens is 4. The normalized spacial score (nSPS) is 27.2. The van der Waals surface area contributed by atoms with Crippen LogP contribution >= 0.6 is 11.8 Å². The van der Waals surface area contributed by atoms with E-state index in [2.05, 4.69) is 15.0 Å². The minimum atomic E-state index is -1.37. The van der Waals surface area contributed by atoms with Gasteiger partial charge in [-0.2, -0.15) is 4.98 Å². The van der Waals surface area contributed by atoms with Gasteiger partial charge in [-0.05, 0) is 0 Å². The van der Waals surface area contributed by atoms with E-state index in [9.17, 15) is 20.1 Å². The molecule has 1 fully saturated rings. The number of rotatable bonds is 5. The molecule has 2 aromatic heterocycles. The molecule has 0 aromatic carbocycles. The van der Waals surface area contributed by atoms with Crippen molar-refractivity contribution in [1.29, 1.82) is 0 Å². The molecule has 0 radical (unpaired) electrons. The van der Waals surface area contributed by atoms with E-state index in [1.54, 1.807) is 0 Å². The number of nitrogens with two attached hydrogens (primary N) is 1. The van der Waals surface area contributed by atoms with Gasteiger partial charge in [-0.25, -0.2) is 4.98 Å². The Morgan fingerprint density at radius 2 is 2.04 bits per heavy atom. The molecule has 4 atom stereocenters. The smallest absolute Gasteiger partial charge is 0.280 e. The van der Waals surface area contributed by atoms with Gasteiger partial charge in [-0.1, -0.05) is 11.8 Å². The Hall–Kier alpha value is -1.70. The van der Waals surface area contributed by atoms with Gasteiger partial charge in [0.1, 0.15) is 18.3 Å². The van der Waals surface area contributed by atoms with Crippen molar-refractivity contribution in [2.24, 2.45) is 0 Å². The van der Waals surface area contributed by atoms with Crippen molar-refractivity contribution in [3.8, 4) is 0 Å². The molecule has 0 spiro atoms. The SMILES string of the molecule is Nc1nc2c(nc(SCCO)n2C2OC(CO)C(O)C2O)c(=O)[nH]1. The number of H-pyrrole nitrogens is 1. The number of fused-ring (bicyclic) bond motifs is 1. The molecule has 0 amide bonds. The lowest BCUT2D eigenvalue weighted by Crippen LogP contribution is -2.33. The summed E-state index contributed by atoms with van der Waals surface area (Å²) < 4.78 is 6.83. The minimum absolute atomic E-state index is 0.0117. The van der Waals surface area contributed by atoms with Gasteiger partial charge in [-0.15, -0.1) is 0 Å². The maximum Gasteiger partial charge on any atom is 0.280 e. The van der Waals surface area contributed by atoms with Gasteiger partial charge in [0.05, 0.1) is 13.2 Å². The van der Waals surface area contributed by atoms with E-state index >= 15 is 0 Å². The number of nitrogens with one attached hydrogen (secondary N) is 1. The lowest BCUT2D eigenvalue weighted by Gasteiger charge is -2.19. The van der Waals surface area contributed by atoms with Crippen LogP contribution in [0, 0.1) is 0 Å². The molecule has 11 nitrogen and oxygen atoms in total. The van der Waals surface area contributed by atoms with E-state index in [1.165, 1.54) is 4.57 Å². The fourth-order valence-corrected chi connectivity index (χ4v) is 3.30. The van der Waals surface area contributed by atoms with Gasteiger partial charge in [0.25, 0.3) is 5.56 Å². The van der Waals surface area contributed by atoms with Gasteiger partial charge in [0, 0.05) is 5.75 Å². The van der Waals surface area contributed by atoms with E-state index in [4.69, 9.17) is 15.6 Å². The lowest BCUT2D eigenvalue weighted by atomic mass is 10.1. The molecule has 132 valence electrons.